The average Bonchev–Trinajstić information content (AvgIpc) is 2.35. The van der Waals surface area contributed by atoms with E-state index in [1.165, 1.54) is 25.7 Å². The fourth-order valence-electron chi connectivity index (χ4n) is 2.94. The van der Waals surface area contributed by atoms with Crippen molar-refractivity contribution in [2.45, 2.75) is 78.7 Å². The summed E-state index contributed by atoms with van der Waals surface area (Å²) in [4.78, 5) is 9.22. The number of hydrogen-bond acceptors (Lipinski definition) is 4. The Bertz CT molecular complexity index is 514. The average molecular weight is 290 g/mol. The number of nitrogens with one attached hydrogen (secondary N) is 1. The molecule has 4 heteroatoms. The molecule has 1 atom stereocenters. The molecule has 3 N–H and O–H groups in total. The first kappa shape index (κ1) is 16.1. The topological polar surface area (TPSA) is 63.8 Å². The summed E-state index contributed by atoms with van der Waals surface area (Å²) in [6, 6.07) is 0.451. The molecule has 2 rings (SSSR count). The fraction of sp³-hybridized carbons (Fsp3) is 0.765. The van der Waals surface area contributed by atoms with E-state index in [-0.39, 0.29) is 5.41 Å². The van der Waals surface area contributed by atoms with Crippen LogP contribution >= 0.6 is 0 Å². The SMILES string of the molecule is Cc1c(N)nc(C(C)(C)C)nc1NC1CCCCC1(C)C. The van der Waals surface area contributed by atoms with Gasteiger partial charge in [-0.3, -0.25) is 0 Å². The van der Waals surface area contributed by atoms with Gasteiger partial charge in [0, 0.05) is 17.0 Å². The summed E-state index contributed by atoms with van der Waals surface area (Å²) < 4.78 is 0. The maximum absolute atomic E-state index is 6.10. The number of aromatic nitrogens is 2. The van der Waals surface area contributed by atoms with Gasteiger partial charge in [0.05, 0.1) is 0 Å². The second-order valence-corrected chi connectivity index (χ2v) is 8.09. The number of rotatable bonds is 2. The van der Waals surface area contributed by atoms with Gasteiger partial charge in [0.2, 0.25) is 0 Å². The van der Waals surface area contributed by atoms with E-state index in [2.05, 4.69) is 44.9 Å². The first-order chi connectivity index (χ1) is 9.61. The molecule has 0 spiro atoms. The van der Waals surface area contributed by atoms with Crippen molar-refractivity contribution in [3.8, 4) is 0 Å². The van der Waals surface area contributed by atoms with Gasteiger partial charge in [-0.15, -0.1) is 0 Å². The van der Waals surface area contributed by atoms with Gasteiger partial charge in [-0.2, -0.15) is 0 Å². The molecule has 1 heterocycles. The van der Waals surface area contributed by atoms with Gasteiger partial charge in [-0.05, 0) is 25.2 Å². The largest absolute Gasteiger partial charge is 0.383 e. The highest BCUT2D eigenvalue weighted by Gasteiger charge is 2.33. The molecule has 0 amide bonds. The van der Waals surface area contributed by atoms with Crippen LogP contribution in [0, 0.1) is 12.3 Å². The Morgan fingerprint density at radius 1 is 1.19 bits per heavy atom. The van der Waals surface area contributed by atoms with E-state index >= 15 is 0 Å². The van der Waals surface area contributed by atoms with E-state index < -0.39 is 0 Å². The summed E-state index contributed by atoms with van der Waals surface area (Å²) in [6.45, 7) is 13.0. The lowest BCUT2D eigenvalue weighted by Crippen LogP contribution is -2.39. The molecule has 1 aliphatic rings. The van der Waals surface area contributed by atoms with Gasteiger partial charge in [-0.25, -0.2) is 9.97 Å². The lowest BCUT2D eigenvalue weighted by Gasteiger charge is -2.39. The van der Waals surface area contributed by atoms with Crippen molar-refractivity contribution in [3.63, 3.8) is 0 Å². The molecule has 21 heavy (non-hydrogen) atoms. The van der Waals surface area contributed by atoms with Crippen LogP contribution in [0.3, 0.4) is 0 Å². The Hall–Kier alpha value is -1.32. The van der Waals surface area contributed by atoms with Crippen molar-refractivity contribution in [1.82, 2.24) is 9.97 Å². The van der Waals surface area contributed by atoms with Crippen molar-refractivity contribution < 1.29 is 0 Å². The molecule has 1 saturated carbocycles. The van der Waals surface area contributed by atoms with Crippen LogP contribution in [0.1, 0.15) is 71.7 Å². The minimum absolute atomic E-state index is 0.0969. The van der Waals surface area contributed by atoms with Crippen LogP contribution in [0.5, 0.6) is 0 Å². The Morgan fingerprint density at radius 2 is 1.86 bits per heavy atom. The summed E-state index contributed by atoms with van der Waals surface area (Å²) in [5.74, 6) is 2.31. The van der Waals surface area contributed by atoms with Crippen LogP contribution in [0.2, 0.25) is 0 Å². The third-order valence-corrected chi connectivity index (χ3v) is 4.67. The van der Waals surface area contributed by atoms with Crippen LogP contribution in [0.25, 0.3) is 0 Å². The summed E-state index contributed by atoms with van der Waals surface area (Å²) in [5.41, 5.74) is 7.26. The van der Waals surface area contributed by atoms with Gasteiger partial charge in [-0.1, -0.05) is 47.5 Å². The van der Waals surface area contributed by atoms with Gasteiger partial charge in [0.25, 0.3) is 0 Å². The normalized spacial score (nSPS) is 22.1. The van der Waals surface area contributed by atoms with Gasteiger partial charge in [0.1, 0.15) is 17.5 Å². The van der Waals surface area contributed by atoms with E-state index in [1.54, 1.807) is 0 Å². The molecule has 1 aliphatic carbocycles. The monoisotopic (exact) mass is 290 g/mol. The van der Waals surface area contributed by atoms with E-state index in [0.29, 0.717) is 17.3 Å². The second-order valence-electron chi connectivity index (χ2n) is 8.09. The summed E-state index contributed by atoms with van der Waals surface area (Å²) in [7, 11) is 0. The van der Waals surface area contributed by atoms with E-state index in [9.17, 15) is 0 Å². The summed E-state index contributed by atoms with van der Waals surface area (Å²) in [6.07, 6.45) is 5.06. The Kier molecular flexibility index (Phi) is 4.18. The zero-order valence-corrected chi connectivity index (χ0v) is 14.4. The van der Waals surface area contributed by atoms with Crippen molar-refractivity contribution in [2.75, 3.05) is 11.1 Å². The minimum Gasteiger partial charge on any atom is -0.383 e. The molecule has 0 aliphatic heterocycles. The van der Waals surface area contributed by atoms with Crippen LogP contribution in [0.4, 0.5) is 11.6 Å². The van der Waals surface area contributed by atoms with E-state index in [1.807, 2.05) is 6.92 Å². The molecule has 0 aromatic carbocycles. The van der Waals surface area contributed by atoms with Crippen molar-refractivity contribution in [1.29, 1.82) is 0 Å². The molecule has 0 radical (unpaired) electrons. The molecule has 0 saturated heterocycles. The maximum Gasteiger partial charge on any atom is 0.138 e. The maximum atomic E-state index is 6.10. The van der Waals surface area contributed by atoms with Gasteiger partial charge < -0.3 is 11.1 Å². The zero-order chi connectivity index (χ0) is 15.8. The highest BCUT2D eigenvalue weighted by molar-refractivity contribution is 5.55. The van der Waals surface area contributed by atoms with E-state index in [4.69, 9.17) is 10.7 Å². The quantitative estimate of drug-likeness (QED) is 0.862. The van der Waals surface area contributed by atoms with Crippen LogP contribution in [0.15, 0.2) is 0 Å². The lowest BCUT2D eigenvalue weighted by molar-refractivity contribution is 0.216. The molecule has 4 nitrogen and oxygen atoms in total. The summed E-state index contributed by atoms with van der Waals surface area (Å²) in [5, 5.41) is 3.66. The standard InChI is InChI=1S/C17H30N4/c1-11-13(18)20-15(16(2,3)4)21-14(11)19-12-9-7-8-10-17(12,5)6/h12H,7-10H2,1-6H3,(H3,18,19,20,21). The first-order valence-corrected chi connectivity index (χ1v) is 8.02. The lowest BCUT2D eigenvalue weighted by atomic mass is 9.73. The molecule has 1 fully saturated rings. The zero-order valence-electron chi connectivity index (χ0n) is 14.4. The first-order valence-electron chi connectivity index (χ1n) is 8.02. The third-order valence-electron chi connectivity index (χ3n) is 4.67. The molecule has 0 bridgehead atoms. The fourth-order valence-corrected chi connectivity index (χ4v) is 2.94. The number of anilines is 2. The smallest absolute Gasteiger partial charge is 0.138 e. The molecular formula is C17H30N4. The molecule has 1 unspecified atom stereocenters. The number of hydrogen-bond donors (Lipinski definition) is 2. The minimum atomic E-state index is -0.0969. The Balaban J connectivity index is 2.33. The predicted octanol–water partition coefficient (Wildman–Crippen LogP) is 4.05. The predicted molar refractivity (Wildman–Crippen MR) is 89.5 cm³/mol. The Labute approximate surface area is 128 Å². The van der Waals surface area contributed by atoms with Crippen molar-refractivity contribution in [3.05, 3.63) is 11.4 Å². The van der Waals surface area contributed by atoms with Crippen LogP contribution in [-0.4, -0.2) is 16.0 Å². The Morgan fingerprint density at radius 3 is 2.43 bits per heavy atom. The second kappa shape index (κ2) is 5.47. The number of nitrogens with two attached hydrogens (primary N) is 1. The van der Waals surface area contributed by atoms with Crippen LogP contribution < -0.4 is 11.1 Å². The van der Waals surface area contributed by atoms with Crippen LogP contribution in [-0.2, 0) is 5.41 Å². The molecule has 1 aromatic heterocycles. The van der Waals surface area contributed by atoms with Crippen molar-refractivity contribution >= 4 is 11.6 Å². The van der Waals surface area contributed by atoms with E-state index in [0.717, 1.165) is 17.2 Å². The molecular weight excluding hydrogens is 260 g/mol. The van der Waals surface area contributed by atoms with Crippen molar-refractivity contribution in [2.24, 2.45) is 5.41 Å². The van der Waals surface area contributed by atoms with Gasteiger partial charge in [0.15, 0.2) is 0 Å². The number of nitrogen functional groups attached to an aromatic ring is 1. The molecule has 1 aromatic rings. The number of nitrogens with zero attached hydrogens (tertiary/aromatic N) is 2. The highest BCUT2D eigenvalue weighted by atomic mass is 15.1. The van der Waals surface area contributed by atoms with Gasteiger partial charge >= 0.3 is 0 Å². The molecule has 118 valence electrons. The summed E-state index contributed by atoms with van der Waals surface area (Å²) >= 11 is 0. The third kappa shape index (κ3) is 3.47. The highest BCUT2D eigenvalue weighted by Crippen LogP contribution is 2.38.